The quantitative estimate of drug-likeness (QED) is 0.422. The van der Waals surface area contributed by atoms with Gasteiger partial charge in [-0.05, 0) is 101 Å². The van der Waals surface area contributed by atoms with Gasteiger partial charge in [-0.3, -0.25) is 20.0 Å². The Morgan fingerprint density at radius 1 is 0.574 bits per heavy atom. The summed E-state index contributed by atoms with van der Waals surface area (Å²) in [5, 5.41) is 28.8. The van der Waals surface area contributed by atoms with Crippen LogP contribution in [0, 0.1) is 41.5 Å². The van der Waals surface area contributed by atoms with Gasteiger partial charge in [0.05, 0.1) is 25.4 Å². The Labute approximate surface area is 276 Å². The first-order valence-corrected chi connectivity index (χ1v) is 16.3. The minimum Gasteiger partial charge on any atom is -0.459 e. The van der Waals surface area contributed by atoms with E-state index in [0.717, 1.165) is 43.5 Å². The molecule has 6 rings (SSSR count). The summed E-state index contributed by atoms with van der Waals surface area (Å²) in [6.45, 7) is 13.6. The van der Waals surface area contributed by atoms with E-state index in [2.05, 4.69) is 0 Å². The molecule has 0 unspecified atom stereocenters. The molecule has 11 nitrogen and oxygen atoms in total. The van der Waals surface area contributed by atoms with Gasteiger partial charge in [-0.15, -0.1) is 0 Å². The molecule has 2 N–H and O–H groups in total. The van der Waals surface area contributed by atoms with Crippen molar-refractivity contribution in [1.29, 1.82) is 0 Å². The van der Waals surface area contributed by atoms with Gasteiger partial charge in [0.2, 0.25) is 0 Å². The third kappa shape index (κ3) is 5.11. The van der Waals surface area contributed by atoms with Crippen LogP contribution in [0.5, 0.6) is 0 Å². The van der Waals surface area contributed by atoms with Crippen molar-refractivity contribution in [2.45, 2.75) is 78.3 Å². The molecule has 2 aromatic rings. The minimum atomic E-state index is -1.22. The van der Waals surface area contributed by atoms with Crippen molar-refractivity contribution >= 4 is 23.0 Å². The van der Waals surface area contributed by atoms with Crippen molar-refractivity contribution in [1.82, 2.24) is 20.3 Å². The molecule has 11 heteroatoms. The number of aryl methyl sites for hydroxylation is 6. The van der Waals surface area contributed by atoms with E-state index in [1.165, 1.54) is 0 Å². The van der Waals surface area contributed by atoms with Gasteiger partial charge < -0.3 is 14.4 Å². The molecule has 0 radical (unpaired) electrons. The summed E-state index contributed by atoms with van der Waals surface area (Å²) in [5.41, 5.74) is 5.09. The molecule has 0 aromatic heterocycles. The van der Waals surface area contributed by atoms with Gasteiger partial charge in [0, 0.05) is 26.2 Å². The Balaban J connectivity index is 1.65. The monoisotopic (exact) mass is 646 g/mol. The molecule has 2 amide bonds. The maximum Gasteiger partial charge on any atom is 0.282 e. The van der Waals surface area contributed by atoms with Crippen molar-refractivity contribution in [3.8, 4) is 0 Å². The molecule has 0 bridgehead atoms. The van der Waals surface area contributed by atoms with Crippen LogP contribution in [0.1, 0.15) is 70.2 Å². The summed E-state index contributed by atoms with van der Waals surface area (Å²) in [6.07, 6.45) is 1.33. The third-order valence-corrected chi connectivity index (χ3v) is 10.6. The molecular formula is C36H46N4O7. The van der Waals surface area contributed by atoms with Gasteiger partial charge in [-0.25, -0.2) is 10.1 Å². The van der Waals surface area contributed by atoms with Crippen LogP contribution in [0.3, 0.4) is 0 Å². The smallest absolute Gasteiger partial charge is 0.282 e. The number of amides is 2. The number of rotatable bonds is 6. The number of ether oxygens (including phenoxy) is 1. The molecule has 0 aliphatic carbocycles. The third-order valence-electron chi connectivity index (χ3n) is 10.6. The Hall–Kier alpha value is -3.58. The average Bonchev–Trinajstić information content (AvgIpc) is 3.33. The molecule has 2 aromatic carbocycles. The first-order chi connectivity index (χ1) is 22.3. The van der Waals surface area contributed by atoms with Gasteiger partial charge in [0.1, 0.15) is 22.6 Å². The number of hydrogen-bond donors (Lipinski definition) is 2. The number of nitrogens with zero attached hydrogens (tertiary/aromatic N) is 4. The minimum absolute atomic E-state index is 0.269. The molecule has 4 heterocycles. The zero-order valence-corrected chi connectivity index (χ0v) is 28.7. The first-order valence-electron chi connectivity index (χ1n) is 16.3. The van der Waals surface area contributed by atoms with Crippen LogP contribution in [0.2, 0.25) is 0 Å². The molecule has 252 valence electrons. The summed E-state index contributed by atoms with van der Waals surface area (Å²) in [6, 6.07) is 8.06. The highest BCUT2D eigenvalue weighted by Gasteiger charge is 2.60. The van der Waals surface area contributed by atoms with Crippen molar-refractivity contribution in [3.63, 3.8) is 0 Å². The van der Waals surface area contributed by atoms with Crippen LogP contribution in [-0.2, 0) is 24.0 Å². The van der Waals surface area contributed by atoms with Crippen molar-refractivity contribution < 1.29 is 34.4 Å². The SMILES string of the molecule is CON1CCC2(CC1)C(OC1=C(c3c(C)cc(C)cc3C)C(=O)N(O)C13CCN(OC)CC3)=C(c1c(C)cc(C)cc1C)C(=O)N2O. The van der Waals surface area contributed by atoms with Gasteiger partial charge in [-0.2, -0.15) is 10.1 Å². The van der Waals surface area contributed by atoms with Crippen LogP contribution in [0.25, 0.3) is 11.1 Å². The molecule has 47 heavy (non-hydrogen) atoms. The van der Waals surface area contributed by atoms with E-state index in [1.54, 1.807) is 24.3 Å². The Morgan fingerprint density at radius 3 is 1.15 bits per heavy atom. The maximum atomic E-state index is 14.3. The normalized spacial score (nSPS) is 21.7. The zero-order valence-electron chi connectivity index (χ0n) is 28.7. The van der Waals surface area contributed by atoms with Crippen LogP contribution < -0.4 is 0 Å². The van der Waals surface area contributed by atoms with E-state index in [-0.39, 0.29) is 11.1 Å². The van der Waals surface area contributed by atoms with Crippen LogP contribution in [0.15, 0.2) is 35.8 Å². The second-order valence-electron chi connectivity index (χ2n) is 13.6. The highest BCUT2D eigenvalue weighted by atomic mass is 16.7. The number of carbonyl (C=O) groups excluding carboxylic acids is 2. The molecule has 4 aliphatic rings. The summed E-state index contributed by atoms with van der Waals surface area (Å²) >= 11 is 0. The van der Waals surface area contributed by atoms with Crippen molar-refractivity contribution in [2.75, 3.05) is 40.4 Å². The second kappa shape index (κ2) is 12.1. The second-order valence-corrected chi connectivity index (χ2v) is 13.6. The number of hydrogen-bond acceptors (Lipinski definition) is 9. The van der Waals surface area contributed by atoms with Crippen LogP contribution >= 0.6 is 0 Å². The average molecular weight is 647 g/mol. The molecule has 0 saturated carbocycles. The predicted octanol–water partition coefficient (Wildman–Crippen LogP) is 4.93. The fraction of sp³-hybridized carbons (Fsp3) is 0.500. The summed E-state index contributed by atoms with van der Waals surface area (Å²) in [7, 11) is 3.21. The lowest BCUT2D eigenvalue weighted by atomic mass is 9.82. The van der Waals surface area contributed by atoms with Crippen molar-refractivity contribution in [2.24, 2.45) is 0 Å². The zero-order chi connectivity index (χ0) is 34.0. The van der Waals surface area contributed by atoms with Crippen LogP contribution in [-0.4, -0.2) is 94.0 Å². The van der Waals surface area contributed by atoms with E-state index in [9.17, 15) is 20.0 Å². The number of carbonyl (C=O) groups is 2. The summed E-state index contributed by atoms with van der Waals surface area (Å²) < 4.78 is 7.19. The molecule has 4 aliphatic heterocycles. The number of hydroxylamine groups is 8. The van der Waals surface area contributed by atoms with E-state index in [1.807, 2.05) is 65.8 Å². The van der Waals surface area contributed by atoms with Crippen molar-refractivity contribution in [3.05, 3.63) is 80.3 Å². The number of piperidine rings is 2. The van der Waals surface area contributed by atoms with Gasteiger partial charge in [0.25, 0.3) is 11.8 Å². The molecule has 2 spiro atoms. The predicted molar refractivity (Wildman–Crippen MR) is 175 cm³/mol. The summed E-state index contributed by atoms with van der Waals surface area (Å²) in [5.74, 6) is -0.525. The van der Waals surface area contributed by atoms with Gasteiger partial charge >= 0.3 is 0 Å². The fourth-order valence-corrected chi connectivity index (χ4v) is 8.39. The standard InChI is InChI=1S/C36H46N4O7/c1-21-17-23(3)27(24(4)18-21)29-31(35(39(43)33(29)41)9-13-37(45-7)14-10-35)47-32-30(28-25(5)19-22(2)20-26(28)6)34(42)40(44)36(32)11-15-38(46-8)16-12-36/h17-20,43-44H,9-16H2,1-8H3. The summed E-state index contributed by atoms with van der Waals surface area (Å²) in [4.78, 5) is 39.6. The number of benzene rings is 2. The van der Waals surface area contributed by atoms with E-state index in [4.69, 9.17) is 14.4 Å². The molecule has 2 saturated heterocycles. The highest BCUT2D eigenvalue weighted by molar-refractivity contribution is 6.25. The van der Waals surface area contributed by atoms with Crippen LogP contribution in [0.4, 0.5) is 0 Å². The van der Waals surface area contributed by atoms with E-state index < -0.39 is 22.9 Å². The van der Waals surface area contributed by atoms with E-state index >= 15 is 0 Å². The van der Waals surface area contributed by atoms with Gasteiger partial charge in [0.15, 0.2) is 0 Å². The fourth-order valence-electron chi connectivity index (χ4n) is 8.39. The topological polar surface area (TPSA) is 115 Å². The lowest BCUT2D eigenvalue weighted by Gasteiger charge is -2.45. The van der Waals surface area contributed by atoms with Gasteiger partial charge in [-0.1, -0.05) is 35.4 Å². The Kier molecular flexibility index (Phi) is 8.61. The lowest BCUT2D eigenvalue weighted by molar-refractivity contribution is -0.216. The maximum absolute atomic E-state index is 14.3. The first kappa shape index (κ1) is 33.3. The Bertz CT molecular complexity index is 1530. The largest absolute Gasteiger partial charge is 0.459 e. The lowest BCUT2D eigenvalue weighted by Crippen LogP contribution is -2.56. The highest BCUT2D eigenvalue weighted by Crippen LogP contribution is 2.53. The molecule has 2 fully saturated rings. The van der Waals surface area contributed by atoms with E-state index in [0.29, 0.717) is 74.5 Å². The Morgan fingerprint density at radius 2 is 0.872 bits per heavy atom. The molecular weight excluding hydrogens is 600 g/mol. The molecule has 0 atom stereocenters.